The maximum absolute atomic E-state index is 11.9. The monoisotopic (exact) mass is 283 g/mol. The third-order valence-electron chi connectivity index (χ3n) is 4.18. The van der Waals surface area contributed by atoms with Crippen LogP contribution in [0.15, 0.2) is 0 Å². The zero-order valence-corrected chi connectivity index (χ0v) is 13.7. The molecule has 20 heavy (non-hydrogen) atoms. The van der Waals surface area contributed by atoms with E-state index in [1.165, 1.54) is 12.8 Å². The molecule has 0 aromatic heterocycles. The average Bonchev–Trinajstić information content (AvgIpc) is 2.34. The molecule has 1 fully saturated rings. The molecule has 0 aromatic carbocycles. The highest BCUT2D eigenvalue weighted by atomic mass is 16.1. The van der Waals surface area contributed by atoms with E-state index in [4.69, 9.17) is 5.73 Å². The summed E-state index contributed by atoms with van der Waals surface area (Å²) in [5.74, 6) is 0.905. The van der Waals surface area contributed by atoms with E-state index in [2.05, 4.69) is 38.2 Å². The van der Waals surface area contributed by atoms with Crippen LogP contribution in [0.5, 0.6) is 0 Å². The van der Waals surface area contributed by atoms with Crippen LogP contribution in [0.25, 0.3) is 0 Å². The summed E-state index contributed by atoms with van der Waals surface area (Å²) in [5.41, 5.74) is 6.03. The highest BCUT2D eigenvalue weighted by molar-refractivity contribution is 5.75. The molecular weight excluding hydrogens is 250 g/mol. The Morgan fingerprint density at radius 3 is 2.40 bits per heavy atom. The van der Waals surface area contributed by atoms with Gasteiger partial charge >= 0.3 is 0 Å². The largest absolute Gasteiger partial charge is 0.356 e. The Morgan fingerprint density at radius 1 is 1.25 bits per heavy atom. The molecule has 1 aliphatic rings. The molecule has 3 N–H and O–H groups in total. The molecule has 0 atom stereocenters. The topological polar surface area (TPSA) is 58.4 Å². The van der Waals surface area contributed by atoms with Gasteiger partial charge < -0.3 is 16.0 Å². The molecule has 0 spiro atoms. The second-order valence-corrected chi connectivity index (χ2v) is 7.50. The molecule has 0 saturated heterocycles. The Bertz CT molecular complexity index is 294. The first kappa shape index (κ1) is 17.4. The van der Waals surface area contributed by atoms with Crippen molar-refractivity contribution in [3.63, 3.8) is 0 Å². The van der Waals surface area contributed by atoms with Crippen LogP contribution in [0.4, 0.5) is 0 Å². The van der Waals surface area contributed by atoms with Crippen molar-refractivity contribution in [2.24, 2.45) is 17.1 Å². The van der Waals surface area contributed by atoms with Gasteiger partial charge in [-0.2, -0.15) is 0 Å². The first-order valence-corrected chi connectivity index (χ1v) is 7.95. The third kappa shape index (κ3) is 7.25. The van der Waals surface area contributed by atoms with Gasteiger partial charge in [-0.3, -0.25) is 4.79 Å². The molecule has 1 rings (SSSR count). The maximum Gasteiger partial charge on any atom is 0.220 e. The summed E-state index contributed by atoms with van der Waals surface area (Å²) in [6.45, 7) is 6.11. The minimum absolute atomic E-state index is 0.122. The van der Waals surface area contributed by atoms with Gasteiger partial charge in [-0.1, -0.05) is 13.8 Å². The predicted molar refractivity (Wildman–Crippen MR) is 84.5 cm³/mol. The smallest absolute Gasteiger partial charge is 0.220 e. The van der Waals surface area contributed by atoms with E-state index in [9.17, 15) is 4.79 Å². The van der Waals surface area contributed by atoms with Crippen LogP contribution in [0.2, 0.25) is 0 Å². The quantitative estimate of drug-likeness (QED) is 0.751. The van der Waals surface area contributed by atoms with Gasteiger partial charge in [0.1, 0.15) is 0 Å². The number of hydrogen-bond donors (Lipinski definition) is 2. The molecule has 1 aliphatic carbocycles. The predicted octanol–water partition coefficient (Wildman–Crippen LogP) is 1.99. The average molecular weight is 283 g/mol. The normalized spacial score (nSPS) is 23.9. The molecule has 0 aromatic rings. The Hall–Kier alpha value is -0.610. The zero-order valence-electron chi connectivity index (χ0n) is 13.7. The molecule has 4 nitrogen and oxygen atoms in total. The lowest BCUT2D eigenvalue weighted by molar-refractivity contribution is -0.121. The van der Waals surface area contributed by atoms with Gasteiger partial charge in [0, 0.05) is 25.6 Å². The molecular formula is C16H33N3O. The third-order valence-corrected chi connectivity index (χ3v) is 4.18. The SMILES string of the molecule is CN(C)CC(C)(C)CNC(=O)CCC1CCC(N)CC1. The molecule has 0 radical (unpaired) electrons. The summed E-state index contributed by atoms with van der Waals surface area (Å²) in [7, 11) is 4.13. The van der Waals surface area contributed by atoms with Crippen LogP contribution < -0.4 is 11.1 Å². The Morgan fingerprint density at radius 2 is 1.85 bits per heavy atom. The number of carbonyl (C=O) groups excluding carboxylic acids is 1. The number of nitrogens with one attached hydrogen (secondary N) is 1. The Kier molecular flexibility index (Phi) is 6.96. The maximum atomic E-state index is 11.9. The van der Waals surface area contributed by atoms with Crippen molar-refractivity contribution in [3.05, 3.63) is 0 Å². The second-order valence-electron chi connectivity index (χ2n) is 7.50. The van der Waals surface area contributed by atoms with Crippen molar-refractivity contribution < 1.29 is 4.79 Å². The zero-order chi connectivity index (χ0) is 15.2. The number of amides is 1. The van der Waals surface area contributed by atoms with Crippen molar-refractivity contribution in [1.29, 1.82) is 0 Å². The van der Waals surface area contributed by atoms with E-state index in [-0.39, 0.29) is 11.3 Å². The summed E-state index contributed by atoms with van der Waals surface area (Å²) in [6.07, 6.45) is 6.33. The summed E-state index contributed by atoms with van der Waals surface area (Å²) in [5, 5.41) is 3.09. The van der Waals surface area contributed by atoms with Crippen molar-refractivity contribution in [2.45, 2.75) is 58.4 Å². The first-order valence-electron chi connectivity index (χ1n) is 7.95. The summed E-state index contributed by atoms with van der Waals surface area (Å²) in [4.78, 5) is 14.1. The number of nitrogens with zero attached hydrogens (tertiary/aromatic N) is 1. The van der Waals surface area contributed by atoms with Crippen molar-refractivity contribution in [1.82, 2.24) is 10.2 Å². The van der Waals surface area contributed by atoms with Gasteiger partial charge in [-0.15, -0.1) is 0 Å². The van der Waals surface area contributed by atoms with E-state index in [0.29, 0.717) is 18.4 Å². The van der Waals surface area contributed by atoms with Crippen LogP contribution in [0.1, 0.15) is 52.4 Å². The van der Waals surface area contributed by atoms with E-state index in [0.717, 1.165) is 32.4 Å². The van der Waals surface area contributed by atoms with Crippen molar-refractivity contribution in [3.8, 4) is 0 Å². The van der Waals surface area contributed by atoms with E-state index in [1.54, 1.807) is 0 Å². The number of nitrogens with two attached hydrogens (primary N) is 1. The second kappa shape index (κ2) is 7.99. The first-order chi connectivity index (χ1) is 9.28. The number of rotatable bonds is 7. The lowest BCUT2D eigenvalue weighted by Crippen LogP contribution is -2.40. The molecule has 1 saturated carbocycles. The number of carbonyl (C=O) groups is 1. The van der Waals surface area contributed by atoms with Gasteiger partial charge in [0.05, 0.1) is 0 Å². The molecule has 118 valence electrons. The van der Waals surface area contributed by atoms with E-state index < -0.39 is 0 Å². The Labute approximate surface area is 124 Å². The van der Waals surface area contributed by atoms with Crippen molar-refractivity contribution >= 4 is 5.91 Å². The van der Waals surface area contributed by atoms with Gasteiger partial charge in [0.2, 0.25) is 5.91 Å². The molecule has 0 heterocycles. The summed E-state index contributed by atoms with van der Waals surface area (Å²) < 4.78 is 0. The molecule has 0 aliphatic heterocycles. The van der Waals surface area contributed by atoms with E-state index in [1.807, 2.05) is 0 Å². The highest BCUT2D eigenvalue weighted by Gasteiger charge is 2.21. The summed E-state index contributed by atoms with van der Waals surface area (Å²) >= 11 is 0. The lowest BCUT2D eigenvalue weighted by atomic mass is 9.84. The number of hydrogen-bond acceptors (Lipinski definition) is 3. The Balaban J connectivity index is 2.17. The standard InChI is InChI=1S/C16H33N3O/c1-16(2,12-19(3)4)11-18-15(20)10-7-13-5-8-14(17)9-6-13/h13-14H,5-12,17H2,1-4H3,(H,18,20). The molecule has 0 bridgehead atoms. The van der Waals surface area contributed by atoms with Crippen molar-refractivity contribution in [2.75, 3.05) is 27.2 Å². The van der Waals surface area contributed by atoms with Gasteiger partial charge in [0.15, 0.2) is 0 Å². The van der Waals surface area contributed by atoms with Gasteiger partial charge in [0.25, 0.3) is 0 Å². The van der Waals surface area contributed by atoms with Crippen LogP contribution in [0, 0.1) is 11.3 Å². The van der Waals surface area contributed by atoms with Crippen LogP contribution >= 0.6 is 0 Å². The fraction of sp³-hybridized carbons (Fsp3) is 0.938. The van der Waals surface area contributed by atoms with Crippen LogP contribution in [-0.2, 0) is 4.79 Å². The minimum atomic E-state index is 0.122. The van der Waals surface area contributed by atoms with E-state index >= 15 is 0 Å². The lowest BCUT2D eigenvalue weighted by Gasteiger charge is -2.29. The minimum Gasteiger partial charge on any atom is -0.356 e. The van der Waals surface area contributed by atoms with Crippen LogP contribution in [0.3, 0.4) is 0 Å². The molecule has 0 unspecified atom stereocenters. The fourth-order valence-electron chi connectivity index (χ4n) is 3.15. The fourth-order valence-corrected chi connectivity index (χ4v) is 3.15. The molecule has 4 heteroatoms. The molecule has 1 amide bonds. The summed E-state index contributed by atoms with van der Waals surface area (Å²) in [6, 6.07) is 0.395. The highest BCUT2D eigenvalue weighted by Crippen LogP contribution is 2.26. The van der Waals surface area contributed by atoms with Gasteiger partial charge in [-0.25, -0.2) is 0 Å². The van der Waals surface area contributed by atoms with Gasteiger partial charge in [-0.05, 0) is 57.5 Å². The van der Waals surface area contributed by atoms with Crippen LogP contribution in [-0.4, -0.2) is 44.0 Å².